The molecule has 2 rings (SSSR count). The highest BCUT2D eigenvalue weighted by Crippen LogP contribution is 2.23. The van der Waals surface area contributed by atoms with Crippen molar-refractivity contribution in [1.82, 2.24) is 10.2 Å². The van der Waals surface area contributed by atoms with Gasteiger partial charge in [-0.15, -0.1) is 0 Å². The number of nitrogens with zero attached hydrogens (tertiary/aromatic N) is 1. The molecule has 0 saturated carbocycles. The summed E-state index contributed by atoms with van der Waals surface area (Å²) >= 11 is 0. The molecule has 0 saturated heterocycles. The van der Waals surface area contributed by atoms with Crippen LogP contribution in [0.2, 0.25) is 0 Å². The number of carbonyl (C=O) groups excluding carboxylic acids is 2. The summed E-state index contributed by atoms with van der Waals surface area (Å²) in [4.78, 5) is 27.7. The molecular weight excluding hydrogens is 412 g/mol. The van der Waals surface area contributed by atoms with Crippen molar-refractivity contribution < 1.29 is 14.3 Å². The van der Waals surface area contributed by atoms with Crippen molar-refractivity contribution in [1.29, 1.82) is 0 Å². The van der Waals surface area contributed by atoms with Gasteiger partial charge in [0.25, 0.3) is 0 Å². The average Bonchev–Trinajstić information content (AvgIpc) is 2.79. The molecule has 180 valence electrons. The summed E-state index contributed by atoms with van der Waals surface area (Å²) in [7, 11) is 1.63. The first-order chi connectivity index (χ1) is 15.5. The van der Waals surface area contributed by atoms with Gasteiger partial charge in [-0.1, -0.05) is 71.0 Å². The van der Waals surface area contributed by atoms with Crippen molar-refractivity contribution in [2.75, 3.05) is 13.7 Å². The maximum absolute atomic E-state index is 13.3. The lowest BCUT2D eigenvalue weighted by molar-refractivity contribution is -0.140. The van der Waals surface area contributed by atoms with E-state index in [0.717, 1.165) is 16.9 Å². The van der Waals surface area contributed by atoms with E-state index < -0.39 is 6.04 Å². The fourth-order valence-corrected chi connectivity index (χ4v) is 3.53. The van der Waals surface area contributed by atoms with Crippen molar-refractivity contribution in [2.45, 2.75) is 72.4 Å². The van der Waals surface area contributed by atoms with Gasteiger partial charge in [-0.25, -0.2) is 0 Å². The van der Waals surface area contributed by atoms with Crippen LogP contribution in [0.4, 0.5) is 0 Å². The fourth-order valence-electron chi connectivity index (χ4n) is 3.53. The third kappa shape index (κ3) is 8.23. The summed E-state index contributed by atoms with van der Waals surface area (Å²) in [5, 5.41) is 2.96. The highest BCUT2D eigenvalue weighted by molar-refractivity contribution is 5.87. The lowest BCUT2D eigenvalue weighted by atomic mass is 9.86. The standard InChI is InChI=1S/C28H40N2O3/c1-20(2)18-29-27(32)21(3)30(19-23-10-15-25(33-7)16-11-23)26(31)17-12-22-8-13-24(14-9-22)28(4,5)6/h8-11,13-16,20-21H,12,17-19H2,1-7H3,(H,29,32)/t21-/m0/s1. The van der Waals surface area contributed by atoms with Gasteiger partial charge in [-0.2, -0.15) is 0 Å². The summed E-state index contributed by atoms with van der Waals surface area (Å²) in [5.41, 5.74) is 3.46. The van der Waals surface area contributed by atoms with Gasteiger partial charge in [0.2, 0.25) is 11.8 Å². The first-order valence-corrected chi connectivity index (χ1v) is 11.8. The molecule has 5 heteroatoms. The van der Waals surface area contributed by atoms with Crippen LogP contribution in [-0.2, 0) is 28.0 Å². The van der Waals surface area contributed by atoms with Gasteiger partial charge in [0.1, 0.15) is 11.8 Å². The Kier molecular flexibility index (Phi) is 9.51. The van der Waals surface area contributed by atoms with Crippen molar-refractivity contribution in [3.63, 3.8) is 0 Å². The van der Waals surface area contributed by atoms with Gasteiger partial charge in [-0.05, 0) is 53.5 Å². The molecule has 5 nitrogen and oxygen atoms in total. The number of methoxy groups -OCH3 is 1. The van der Waals surface area contributed by atoms with Gasteiger partial charge in [0, 0.05) is 19.5 Å². The Morgan fingerprint density at radius 1 is 0.939 bits per heavy atom. The summed E-state index contributed by atoms with van der Waals surface area (Å²) in [6.45, 7) is 13.4. The molecule has 0 heterocycles. The minimum Gasteiger partial charge on any atom is -0.497 e. The molecule has 0 aromatic heterocycles. The second-order valence-corrected chi connectivity index (χ2v) is 10.1. The molecule has 0 unspecified atom stereocenters. The maximum Gasteiger partial charge on any atom is 0.242 e. The second kappa shape index (κ2) is 11.9. The molecule has 2 aromatic carbocycles. The van der Waals surface area contributed by atoms with E-state index in [1.54, 1.807) is 18.9 Å². The molecule has 1 atom stereocenters. The predicted molar refractivity (Wildman–Crippen MR) is 134 cm³/mol. The van der Waals surface area contributed by atoms with Crippen LogP contribution in [0.1, 0.15) is 64.7 Å². The molecule has 0 radical (unpaired) electrons. The Hall–Kier alpha value is -2.82. The van der Waals surface area contributed by atoms with Crippen molar-refractivity contribution in [3.8, 4) is 5.75 Å². The second-order valence-electron chi connectivity index (χ2n) is 10.1. The maximum atomic E-state index is 13.3. The van der Waals surface area contributed by atoms with E-state index in [1.807, 2.05) is 24.3 Å². The SMILES string of the molecule is COc1ccc(CN(C(=O)CCc2ccc(C(C)(C)C)cc2)[C@@H](C)C(=O)NCC(C)C)cc1. The Labute approximate surface area is 199 Å². The monoisotopic (exact) mass is 452 g/mol. The van der Waals surface area contributed by atoms with E-state index in [-0.39, 0.29) is 17.2 Å². The van der Waals surface area contributed by atoms with Crippen LogP contribution in [0, 0.1) is 5.92 Å². The molecule has 0 bridgehead atoms. The van der Waals surface area contributed by atoms with E-state index >= 15 is 0 Å². The van der Waals surface area contributed by atoms with Crippen LogP contribution < -0.4 is 10.1 Å². The van der Waals surface area contributed by atoms with Gasteiger partial charge < -0.3 is 15.0 Å². The molecular formula is C28H40N2O3. The zero-order valence-electron chi connectivity index (χ0n) is 21.3. The number of hydrogen-bond donors (Lipinski definition) is 1. The predicted octanol–water partition coefficient (Wildman–Crippen LogP) is 5.11. The lowest BCUT2D eigenvalue weighted by Gasteiger charge is -2.29. The number of amides is 2. The van der Waals surface area contributed by atoms with Crippen molar-refractivity contribution >= 4 is 11.8 Å². The minimum absolute atomic E-state index is 0.0297. The zero-order valence-corrected chi connectivity index (χ0v) is 21.3. The molecule has 1 N–H and O–H groups in total. The van der Waals surface area contributed by atoms with Gasteiger partial charge in [-0.3, -0.25) is 9.59 Å². The van der Waals surface area contributed by atoms with Crippen LogP contribution >= 0.6 is 0 Å². The number of nitrogens with one attached hydrogen (secondary N) is 1. The van der Waals surface area contributed by atoms with Crippen LogP contribution in [0.3, 0.4) is 0 Å². The molecule has 0 fully saturated rings. The van der Waals surface area contributed by atoms with E-state index in [1.165, 1.54) is 5.56 Å². The van der Waals surface area contributed by atoms with E-state index in [2.05, 4.69) is 64.2 Å². The first-order valence-electron chi connectivity index (χ1n) is 11.8. The van der Waals surface area contributed by atoms with Gasteiger partial charge in [0.15, 0.2) is 0 Å². The van der Waals surface area contributed by atoms with E-state index in [9.17, 15) is 9.59 Å². The average molecular weight is 453 g/mol. The number of hydrogen-bond acceptors (Lipinski definition) is 3. The lowest BCUT2D eigenvalue weighted by Crippen LogP contribution is -2.48. The molecule has 2 amide bonds. The number of aryl methyl sites for hydroxylation is 1. The summed E-state index contributed by atoms with van der Waals surface area (Å²) in [6, 6.07) is 15.5. The first kappa shape index (κ1) is 26.4. The largest absolute Gasteiger partial charge is 0.497 e. The highest BCUT2D eigenvalue weighted by Gasteiger charge is 2.26. The van der Waals surface area contributed by atoms with Crippen LogP contribution in [0.5, 0.6) is 5.75 Å². The van der Waals surface area contributed by atoms with Crippen LogP contribution in [-0.4, -0.2) is 36.4 Å². The molecule has 0 aliphatic carbocycles. The Bertz CT molecular complexity index is 896. The topological polar surface area (TPSA) is 58.6 Å². The zero-order chi connectivity index (χ0) is 24.6. The van der Waals surface area contributed by atoms with E-state index in [0.29, 0.717) is 31.8 Å². The van der Waals surface area contributed by atoms with Crippen LogP contribution in [0.25, 0.3) is 0 Å². The number of ether oxygens (including phenoxy) is 1. The van der Waals surface area contributed by atoms with Crippen molar-refractivity contribution in [2.24, 2.45) is 5.92 Å². The van der Waals surface area contributed by atoms with Gasteiger partial charge >= 0.3 is 0 Å². The summed E-state index contributed by atoms with van der Waals surface area (Å²) < 4.78 is 5.23. The number of carbonyl (C=O) groups is 2. The Morgan fingerprint density at radius 3 is 2.03 bits per heavy atom. The summed E-state index contributed by atoms with van der Waals surface area (Å²) in [6.07, 6.45) is 0.996. The quantitative estimate of drug-likeness (QED) is 0.545. The molecule has 0 aliphatic heterocycles. The van der Waals surface area contributed by atoms with E-state index in [4.69, 9.17) is 4.74 Å². The molecule has 0 spiro atoms. The molecule has 33 heavy (non-hydrogen) atoms. The molecule has 0 aliphatic rings. The van der Waals surface area contributed by atoms with Gasteiger partial charge in [0.05, 0.1) is 7.11 Å². The number of benzene rings is 2. The fraction of sp³-hybridized carbons (Fsp3) is 0.500. The summed E-state index contributed by atoms with van der Waals surface area (Å²) in [5.74, 6) is 0.957. The van der Waals surface area contributed by atoms with Crippen molar-refractivity contribution in [3.05, 3.63) is 65.2 Å². The molecule has 2 aromatic rings. The Morgan fingerprint density at radius 2 is 1.52 bits per heavy atom. The third-order valence-electron chi connectivity index (χ3n) is 5.81. The van der Waals surface area contributed by atoms with Crippen LogP contribution in [0.15, 0.2) is 48.5 Å². The Balaban J connectivity index is 2.12. The minimum atomic E-state index is -0.554. The highest BCUT2D eigenvalue weighted by atomic mass is 16.5. The normalized spacial score (nSPS) is 12.4. The number of rotatable bonds is 10. The smallest absolute Gasteiger partial charge is 0.242 e. The third-order valence-corrected chi connectivity index (χ3v) is 5.81.